The van der Waals surface area contributed by atoms with Crippen LogP contribution in [0.5, 0.6) is 0 Å². The van der Waals surface area contributed by atoms with Crippen molar-refractivity contribution in [3.8, 4) is 11.3 Å². The van der Waals surface area contributed by atoms with Crippen LogP contribution in [0.4, 0.5) is 10.1 Å². The van der Waals surface area contributed by atoms with Crippen molar-refractivity contribution < 1.29 is 14.0 Å². The van der Waals surface area contributed by atoms with Gasteiger partial charge in [-0.25, -0.2) is 9.37 Å². The van der Waals surface area contributed by atoms with E-state index in [1.807, 2.05) is 24.3 Å². The molecule has 2 amide bonds. The number of benzene rings is 2. The van der Waals surface area contributed by atoms with E-state index < -0.39 is 6.04 Å². The summed E-state index contributed by atoms with van der Waals surface area (Å²) >= 11 is 0. The number of imidazole rings is 1. The molecule has 3 aromatic rings. The maximum absolute atomic E-state index is 13.4. The molecule has 1 fully saturated rings. The van der Waals surface area contributed by atoms with Crippen molar-refractivity contribution >= 4 is 17.5 Å². The van der Waals surface area contributed by atoms with Crippen molar-refractivity contribution in [3.05, 3.63) is 72.4 Å². The molecule has 1 aliphatic rings. The molecule has 28 heavy (non-hydrogen) atoms. The summed E-state index contributed by atoms with van der Waals surface area (Å²) < 4.78 is 13.4. The third kappa shape index (κ3) is 3.78. The van der Waals surface area contributed by atoms with E-state index in [1.54, 1.807) is 24.7 Å². The van der Waals surface area contributed by atoms with Crippen molar-refractivity contribution in [1.29, 1.82) is 0 Å². The summed E-state index contributed by atoms with van der Waals surface area (Å²) in [6.45, 7) is 0.216. The highest BCUT2D eigenvalue weighted by molar-refractivity contribution is 5.99. The molecule has 1 aromatic heterocycles. The molecule has 0 saturated carbocycles. The predicted molar refractivity (Wildman–Crippen MR) is 103 cm³/mol. The second kappa shape index (κ2) is 7.64. The van der Waals surface area contributed by atoms with Gasteiger partial charge in [0.25, 0.3) is 0 Å². The number of nitrogens with zero attached hydrogens (tertiary/aromatic N) is 2. The highest BCUT2D eigenvalue weighted by Crippen LogP contribution is 2.24. The Morgan fingerprint density at radius 1 is 1.25 bits per heavy atom. The molecule has 1 saturated heterocycles. The molecule has 1 atom stereocenters. The lowest BCUT2D eigenvalue weighted by Crippen LogP contribution is -2.41. The van der Waals surface area contributed by atoms with Gasteiger partial charge in [-0.2, -0.15) is 0 Å². The highest BCUT2D eigenvalue weighted by atomic mass is 19.1. The Labute approximate surface area is 161 Å². The van der Waals surface area contributed by atoms with Gasteiger partial charge in [-0.3, -0.25) is 9.59 Å². The summed E-state index contributed by atoms with van der Waals surface area (Å²) in [5.74, 6) is -0.696. The zero-order chi connectivity index (χ0) is 19.5. The van der Waals surface area contributed by atoms with E-state index in [1.165, 1.54) is 17.0 Å². The molecule has 142 valence electrons. The fourth-order valence-electron chi connectivity index (χ4n) is 3.41. The SMILES string of the molecule is O=C(Nc1ccc(-c2cnc[nH]2)cc1)C1CCC(=O)N1Cc1cccc(F)c1. The molecule has 1 unspecified atom stereocenters. The van der Waals surface area contributed by atoms with Gasteiger partial charge in [0, 0.05) is 18.7 Å². The molecule has 2 N–H and O–H groups in total. The number of hydrogen-bond donors (Lipinski definition) is 2. The topological polar surface area (TPSA) is 78.1 Å². The molecular formula is C21H19FN4O2. The zero-order valence-corrected chi connectivity index (χ0v) is 15.1. The van der Waals surface area contributed by atoms with Crippen LogP contribution in [0.3, 0.4) is 0 Å². The van der Waals surface area contributed by atoms with Crippen LogP contribution in [0.15, 0.2) is 61.1 Å². The van der Waals surface area contributed by atoms with Crippen molar-refractivity contribution in [2.45, 2.75) is 25.4 Å². The van der Waals surface area contributed by atoms with E-state index in [9.17, 15) is 14.0 Å². The number of amides is 2. The van der Waals surface area contributed by atoms with Crippen molar-refractivity contribution in [2.75, 3.05) is 5.32 Å². The second-order valence-corrected chi connectivity index (χ2v) is 6.74. The van der Waals surface area contributed by atoms with Crippen molar-refractivity contribution in [3.63, 3.8) is 0 Å². The zero-order valence-electron chi connectivity index (χ0n) is 15.1. The minimum absolute atomic E-state index is 0.0981. The summed E-state index contributed by atoms with van der Waals surface area (Å²) in [6, 6.07) is 12.9. The van der Waals surface area contributed by atoms with Gasteiger partial charge in [-0.15, -0.1) is 0 Å². The van der Waals surface area contributed by atoms with Gasteiger partial charge >= 0.3 is 0 Å². The van der Waals surface area contributed by atoms with E-state index in [-0.39, 0.29) is 24.2 Å². The maximum atomic E-state index is 13.4. The van der Waals surface area contributed by atoms with Crippen LogP contribution in [0.25, 0.3) is 11.3 Å². The minimum Gasteiger partial charge on any atom is -0.345 e. The lowest BCUT2D eigenvalue weighted by atomic mass is 10.1. The van der Waals surface area contributed by atoms with Crippen LogP contribution >= 0.6 is 0 Å². The van der Waals surface area contributed by atoms with Crippen LogP contribution < -0.4 is 5.32 Å². The number of carbonyl (C=O) groups excluding carboxylic acids is 2. The number of aromatic nitrogens is 2. The van der Waals surface area contributed by atoms with E-state index in [0.29, 0.717) is 24.1 Å². The van der Waals surface area contributed by atoms with Gasteiger partial charge in [0.15, 0.2) is 0 Å². The average molecular weight is 378 g/mol. The van der Waals surface area contributed by atoms with Gasteiger partial charge in [0.05, 0.1) is 18.2 Å². The fraction of sp³-hybridized carbons (Fsp3) is 0.190. The fourth-order valence-corrected chi connectivity index (χ4v) is 3.41. The summed E-state index contributed by atoms with van der Waals surface area (Å²) in [5, 5.41) is 2.87. The van der Waals surface area contributed by atoms with Crippen LogP contribution in [0.2, 0.25) is 0 Å². The lowest BCUT2D eigenvalue weighted by Gasteiger charge is -2.24. The number of nitrogens with one attached hydrogen (secondary N) is 2. The number of rotatable bonds is 5. The largest absolute Gasteiger partial charge is 0.345 e. The first-order chi connectivity index (χ1) is 13.6. The second-order valence-electron chi connectivity index (χ2n) is 6.74. The molecule has 0 bridgehead atoms. The average Bonchev–Trinajstić information content (AvgIpc) is 3.33. The summed E-state index contributed by atoms with van der Waals surface area (Å²) in [6.07, 6.45) is 4.09. The van der Waals surface area contributed by atoms with E-state index in [4.69, 9.17) is 0 Å². The molecule has 4 rings (SSSR count). The quantitative estimate of drug-likeness (QED) is 0.715. The number of H-pyrrole nitrogens is 1. The number of aromatic amines is 1. The van der Waals surface area contributed by atoms with Gasteiger partial charge in [-0.05, 0) is 41.8 Å². The minimum atomic E-state index is -0.567. The normalized spacial score (nSPS) is 16.4. The van der Waals surface area contributed by atoms with Crippen LogP contribution in [0.1, 0.15) is 18.4 Å². The molecule has 2 aromatic carbocycles. The summed E-state index contributed by atoms with van der Waals surface area (Å²) in [7, 11) is 0. The summed E-state index contributed by atoms with van der Waals surface area (Å²) in [4.78, 5) is 33.5. The maximum Gasteiger partial charge on any atom is 0.247 e. The molecule has 2 heterocycles. The first-order valence-corrected chi connectivity index (χ1v) is 9.04. The van der Waals surface area contributed by atoms with Crippen LogP contribution in [-0.2, 0) is 16.1 Å². The Morgan fingerprint density at radius 3 is 2.79 bits per heavy atom. The lowest BCUT2D eigenvalue weighted by molar-refractivity contribution is -0.133. The highest BCUT2D eigenvalue weighted by Gasteiger charge is 2.36. The number of likely N-dealkylation sites (tertiary alicyclic amines) is 1. The standard InChI is InChI=1S/C21H19FN4O2/c22-16-3-1-2-14(10-16)12-26-19(8-9-20(26)27)21(28)25-17-6-4-15(5-7-17)18-11-23-13-24-18/h1-7,10-11,13,19H,8-9,12H2,(H,23,24)(H,25,28). The summed E-state index contributed by atoms with van der Waals surface area (Å²) in [5.41, 5.74) is 3.16. The Bertz CT molecular complexity index is 986. The first kappa shape index (κ1) is 17.9. The Balaban J connectivity index is 1.45. The third-order valence-electron chi connectivity index (χ3n) is 4.83. The number of hydrogen-bond acceptors (Lipinski definition) is 3. The predicted octanol–water partition coefficient (Wildman–Crippen LogP) is 3.35. The van der Waals surface area contributed by atoms with Crippen molar-refractivity contribution in [2.24, 2.45) is 0 Å². The molecule has 7 heteroatoms. The number of carbonyl (C=O) groups is 2. The molecule has 0 radical (unpaired) electrons. The number of halogens is 1. The Kier molecular flexibility index (Phi) is 4.89. The van der Waals surface area contributed by atoms with Crippen LogP contribution in [-0.4, -0.2) is 32.7 Å². The molecular weight excluding hydrogens is 359 g/mol. The molecule has 0 aliphatic carbocycles. The van der Waals surface area contributed by atoms with E-state index in [2.05, 4.69) is 15.3 Å². The Morgan fingerprint density at radius 2 is 2.07 bits per heavy atom. The van der Waals surface area contributed by atoms with Gasteiger partial charge in [-0.1, -0.05) is 24.3 Å². The van der Waals surface area contributed by atoms with Crippen molar-refractivity contribution in [1.82, 2.24) is 14.9 Å². The first-order valence-electron chi connectivity index (χ1n) is 9.04. The third-order valence-corrected chi connectivity index (χ3v) is 4.83. The number of anilines is 1. The van der Waals surface area contributed by atoms with Gasteiger partial charge in [0.2, 0.25) is 11.8 Å². The molecule has 6 nitrogen and oxygen atoms in total. The van der Waals surface area contributed by atoms with Gasteiger partial charge < -0.3 is 15.2 Å². The molecule has 0 spiro atoms. The van der Waals surface area contributed by atoms with Gasteiger partial charge in [0.1, 0.15) is 11.9 Å². The monoisotopic (exact) mass is 378 g/mol. The Hall–Kier alpha value is -3.48. The van der Waals surface area contributed by atoms with E-state index in [0.717, 1.165) is 11.3 Å². The van der Waals surface area contributed by atoms with E-state index >= 15 is 0 Å². The van der Waals surface area contributed by atoms with Crippen LogP contribution in [0, 0.1) is 5.82 Å². The smallest absolute Gasteiger partial charge is 0.247 e. The molecule has 1 aliphatic heterocycles.